The highest BCUT2D eigenvalue weighted by molar-refractivity contribution is 5.98. The van der Waals surface area contributed by atoms with Gasteiger partial charge in [0.05, 0.1) is 23.5 Å². The van der Waals surface area contributed by atoms with Crippen molar-refractivity contribution in [2.45, 2.75) is 45.7 Å². The third kappa shape index (κ3) is 3.09. The van der Waals surface area contributed by atoms with Crippen LogP contribution in [-0.2, 0) is 0 Å². The van der Waals surface area contributed by atoms with Crippen molar-refractivity contribution < 1.29 is 4.79 Å². The van der Waals surface area contributed by atoms with E-state index < -0.39 is 0 Å². The molecule has 1 aliphatic carbocycles. The van der Waals surface area contributed by atoms with Crippen molar-refractivity contribution in [3.63, 3.8) is 0 Å². The molecule has 0 saturated heterocycles. The van der Waals surface area contributed by atoms with Gasteiger partial charge in [0, 0.05) is 11.4 Å². The van der Waals surface area contributed by atoms with Gasteiger partial charge in [-0.1, -0.05) is 30.3 Å². The van der Waals surface area contributed by atoms with Crippen molar-refractivity contribution in [1.29, 1.82) is 0 Å². The molecule has 134 valence electrons. The third-order valence-electron chi connectivity index (χ3n) is 5.03. The molecule has 0 bridgehead atoms. The summed E-state index contributed by atoms with van der Waals surface area (Å²) in [6.45, 7) is 6.04. The Bertz CT molecular complexity index is 941. The Morgan fingerprint density at radius 2 is 1.96 bits per heavy atom. The second kappa shape index (κ2) is 6.56. The average molecular weight is 348 g/mol. The monoisotopic (exact) mass is 348 g/mol. The molecule has 1 saturated carbocycles. The third-order valence-corrected chi connectivity index (χ3v) is 5.03. The summed E-state index contributed by atoms with van der Waals surface area (Å²) in [7, 11) is 0. The number of aryl methyl sites for hydroxylation is 1. The van der Waals surface area contributed by atoms with Crippen LogP contribution in [0, 0.1) is 12.8 Å². The summed E-state index contributed by atoms with van der Waals surface area (Å²) in [6.07, 6.45) is 4.11. The van der Waals surface area contributed by atoms with E-state index >= 15 is 0 Å². The Kier molecular flexibility index (Phi) is 4.23. The van der Waals surface area contributed by atoms with E-state index in [1.807, 2.05) is 35.9 Å². The van der Waals surface area contributed by atoms with Crippen LogP contribution in [0.15, 0.2) is 42.6 Å². The SMILES string of the molecule is Cc1nc2c(cnn2C(C)C)cc1C(=O)NC(c1ccccc1)C1CC1. The maximum atomic E-state index is 13.0. The number of hydrogen-bond donors (Lipinski definition) is 1. The number of amides is 1. The first-order valence-electron chi connectivity index (χ1n) is 9.25. The molecule has 4 rings (SSSR count). The number of benzene rings is 1. The minimum Gasteiger partial charge on any atom is -0.345 e. The predicted octanol–water partition coefficient (Wildman–Crippen LogP) is 4.20. The molecule has 3 aromatic rings. The van der Waals surface area contributed by atoms with Gasteiger partial charge in [-0.15, -0.1) is 0 Å². The normalized spacial score (nSPS) is 15.4. The van der Waals surface area contributed by atoms with Gasteiger partial charge in [0.15, 0.2) is 5.65 Å². The fraction of sp³-hybridized carbons (Fsp3) is 0.381. The molecule has 0 spiro atoms. The zero-order valence-electron chi connectivity index (χ0n) is 15.4. The molecule has 1 N–H and O–H groups in total. The average Bonchev–Trinajstić information content (AvgIpc) is 3.39. The predicted molar refractivity (Wildman–Crippen MR) is 102 cm³/mol. The van der Waals surface area contributed by atoms with Gasteiger partial charge in [-0.2, -0.15) is 5.10 Å². The summed E-state index contributed by atoms with van der Waals surface area (Å²) in [5.74, 6) is 0.469. The Morgan fingerprint density at radius 1 is 1.23 bits per heavy atom. The van der Waals surface area contributed by atoms with Crippen LogP contribution in [0.4, 0.5) is 0 Å². The van der Waals surface area contributed by atoms with Crippen LogP contribution < -0.4 is 5.32 Å². The lowest BCUT2D eigenvalue weighted by Gasteiger charge is -2.19. The molecule has 1 atom stereocenters. The zero-order valence-corrected chi connectivity index (χ0v) is 15.4. The fourth-order valence-electron chi connectivity index (χ4n) is 3.46. The number of nitrogens with zero attached hydrogens (tertiary/aromatic N) is 3. The van der Waals surface area contributed by atoms with E-state index in [-0.39, 0.29) is 18.0 Å². The molecular weight excluding hydrogens is 324 g/mol. The van der Waals surface area contributed by atoms with Crippen LogP contribution in [0.2, 0.25) is 0 Å². The molecule has 5 nitrogen and oxygen atoms in total. The topological polar surface area (TPSA) is 59.8 Å². The first-order chi connectivity index (χ1) is 12.5. The van der Waals surface area contributed by atoms with Gasteiger partial charge < -0.3 is 5.32 Å². The molecule has 1 aliphatic rings. The van der Waals surface area contributed by atoms with E-state index in [9.17, 15) is 4.79 Å². The Morgan fingerprint density at radius 3 is 2.62 bits per heavy atom. The first kappa shape index (κ1) is 16.8. The smallest absolute Gasteiger partial charge is 0.253 e. The van der Waals surface area contributed by atoms with Gasteiger partial charge in [0.2, 0.25) is 0 Å². The van der Waals surface area contributed by atoms with Crippen molar-refractivity contribution in [3.8, 4) is 0 Å². The Balaban J connectivity index is 1.64. The number of fused-ring (bicyclic) bond motifs is 1. The molecule has 1 amide bonds. The van der Waals surface area contributed by atoms with E-state index in [0.29, 0.717) is 11.5 Å². The van der Waals surface area contributed by atoms with Crippen molar-refractivity contribution in [2.75, 3.05) is 0 Å². The van der Waals surface area contributed by atoms with Crippen LogP contribution in [-0.4, -0.2) is 20.7 Å². The summed E-state index contributed by atoms with van der Waals surface area (Å²) < 4.78 is 1.89. The van der Waals surface area contributed by atoms with E-state index in [4.69, 9.17) is 0 Å². The number of carbonyl (C=O) groups is 1. The minimum atomic E-state index is -0.0602. The quantitative estimate of drug-likeness (QED) is 0.752. The first-order valence-corrected chi connectivity index (χ1v) is 9.25. The molecule has 1 unspecified atom stereocenters. The molecule has 26 heavy (non-hydrogen) atoms. The van der Waals surface area contributed by atoms with E-state index in [1.54, 1.807) is 6.20 Å². The van der Waals surface area contributed by atoms with Crippen LogP contribution in [0.25, 0.3) is 11.0 Å². The van der Waals surface area contributed by atoms with Crippen molar-refractivity contribution in [3.05, 3.63) is 59.4 Å². The number of carbonyl (C=O) groups excluding carboxylic acids is 1. The maximum Gasteiger partial charge on any atom is 0.253 e. The molecule has 2 aromatic heterocycles. The Hall–Kier alpha value is -2.69. The summed E-state index contributed by atoms with van der Waals surface area (Å²) in [4.78, 5) is 17.6. The number of hydrogen-bond acceptors (Lipinski definition) is 3. The number of aromatic nitrogens is 3. The lowest BCUT2D eigenvalue weighted by atomic mass is 10.0. The van der Waals surface area contributed by atoms with E-state index in [1.165, 1.54) is 5.56 Å². The number of pyridine rings is 1. The molecule has 5 heteroatoms. The molecule has 0 aliphatic heterocycles. The standard InChI is InChI=1S/C21H24N4O/c1-13(2)25-20-17(12-22-25)11-18(14(3)23-20)21(26)24-19(16-9-10-16)15-7-5-4-6-8-15/h4-8,11-13,16,19H,9-10H2,1-3H3,(H,24,26). The second-order valence-electron chi connectivity index (χ2n) is 7.42. The van der Waals surface area contributed by atoms with Gasteiger partial charge in [-0.05, 0) is 51.2 Å². The summed E-state index contributed by atoms with van der Waals surface area (Å²) in [5, 5.41) is 8.55. The highest BCUT2D eigenvalue weighted by atomic mass is 16.1. The van der Waals surface area contributed by atoms with E-state index in [0.717, 1.165) is 29.6 Å². The summed E-state index contributed by atoms with van der Waals surface area (Å²) in [5.41, 5.74) is 3.36. The number of nitrogens with one attached hydrogen (secondary N) is 1. The fourth-order valence-corrected chi connectivity index (χ4v) is 3.46. The van der Waals surface area contributed by atoms with Crippen LogP contribution in [0.1, 0.15) is 60.4 Å². The van der Waals surface area contributed by atoms with Gasteiger partial charge in [-0.25, -0.2) is 9.67 Å². The summed E-state index contributed by atoms with van der Waals surface area (Å²) >= 11 is 0. The van der Waals surface area contributed by atoms with Crippen molar-refractivity contribution in [2.24, 2.45) is 5.92 Å². The van der Waals surface area contributed by atoms with Crippen LogP contribution >= 0.6 is 0 Å². The summed E-state index contributed by atoms with van der Waals surface area (Å²) in [6, 6.07) is 12.4. The molecule has 0 radical (unpaired) electrons. The molecule has 1 fully saturated rings. The lowest BCUT2D eigenvalue weighted by molar-refractivity contribution is 0.0931. The minimum absolute atomic E-state index is 0.0602. The number of rotatable bonds is 5. The van der Waals surface area contributed by atoms with Gasteiger partial charge in [0.25, 0.3) is 5.91 Å². The van der Waals surface area contributed by atoms with Crippen LogP contribution in [0.5, 0.6) is 0 Å². The molecule has 2 heterocycles. The molecule has 1 aromatic carbocycles. The lowest BCUT2D eigenvalue weighted by Crippen LogP contribution is -2.30. The largest absolute Gasteiger partial charge is 0.345 e. The van der Waals surface area contributed by atoms with Gasteiger partial charge in [-0.3, -0.25) is 4.79 Å². The Labute approximate surface area is 153 Å². The molecular formula is C21H24N4O. The second-order valence-corrected chi connectivity index (χ2v) is 7.42. The maximum absolute atomic E-state index is 13.0. The van der Waals surface area contributed by atoms with Gasteiger partial charge in [0.1, 0.15) is 0 Å². The van der Waals surface area contributed by atoms with Crippen molar-refractivity contribution in [1.82, 2.24) is 20.1 Å². The van der Waals surface area contributed by atoms with Crippen LogP contribution in [0.3, 0.4) is 0 Å². The van der Waals surface area contributed by atoms with E-state index in [2.05, 4.69) is 41.4 Å². The zero-order chi connectivity index (χ0) is 18.3. The van der Waals surface area contributed by atoms with Crippen molar-refractivity contribution >= 4 is 16.9 Å². The van der Waals surface area contributed by atoms with Gasteiger partial charge >= 0.3 is 0 Å². The highest BCUT2D eigenvalue weighted by Crippen LogP contribution is 2.41. The highest BCUT2D eigenvalue weighted by Gasteiger charge is 2.33.